The molecule has 1 N–H and O–H groups in total. The maximum Gasteiger partial charge on any atom is 0.243 e. The highest BCUT2D eigenvalue weighted by molar-refractivity contribution is 7.89. The van der Waals surface area contributed by atoms with E-state index < -0.39 is 15.8 Å². The lowest BCUT2D eigenvalue weighted by molar-refractivity contribution is 0.198. The average Bonchev–Trinajstić information content (AvgIpc) is 2.32. The van der Waals surface area contributed by atoms with Gasteiger partial charge in [-0.2, -0.15) is 4.31 Å². The Hall–Kier alpha value is -0.980. The van der Waals surface area contributed by atoms with Gasteiger partial charge in [0.05, 0.1) is 4.90 Å². The zero-order chi connectivity index (χ0) is 13.9. The molecule has 106 valence electrons. The van der Waals surface area contributed by atoms with Crippen molar-refractivity contribution in [1.29, 1.82) is 0 Å². The van der Waals surface area contributed by atoms with Crippen molar-refractivity contribution in [3.63, 3.8) is 0 Å². The van der Waals surface area contributed by atoms with E-state index in [1.807, 2.05) is 0 Å². The van der Waals surface area contributed by atoms with Crippen molar-refractivity contribution in [2.45, 2.75) is 36.6 Å². The number of rotatable bonds is 6. The zero-order valence-electron chi connectivity index (χ0n) is 10.6. The van der Waals surface area contributed by atoms with E-state index in [-0.39, 0.29) is 17.5 Å². The van der Waals surface area contributed by atoms with E-state index in [0.29, 0.717) is 13.0 Å². The van der Waals surface area contributed by atoms with E-state index in [4.69, 9.17) is 5.11 Å². The summed E-state index contributed by atoms with van der Waals surface area (Å²) in [5.74, 6) is -0.454. The smallest absolute Gasteiger partial charge is 0.243 e. The summed E-state index contributed by atoms with van der Waals surface area (Å²) in [4.78, 5) is 0.110. The second kappa shape index (κ2) is 5.98. The first-order valence-corrected chi connectivity index (χ1v) is 7.88. The normalized spacial score (nSPS) is 16.6. The maximum atomic E-state index is 12.9. The van der Waals surface area contributed by atoms with Crippen LogP contribution < -0.4 is 0 Å². The van der Waals surface area contributed by atoms with Gasteiger partial charge in [0, 0.05) is 19.2 Å². The predicted molar refractivity (Wildman–Crippen MR) is 69.6 cm³/mol. The Morgan fingerprint density at radius 1 is 1.26 bits per heavy atom. The Bertz CT molecular complexity index is 511. The number of benzene rings is 1. The monoisotopic (exact) mass is 287 g/mol. The Balaban J connectivity index is 2.24. The van der Waals surface area contributed by atoms with Crippen molar-refractivity contribution < 1.29 is 17.9 Å². The summed E-state index contributed by atoms with van der Waals surface area (Å²) in [5.41, 5.74) is 0. The standard InChI is InChI=1S/C13H18FNO3S/c14-11-5-7-13(8-6-11)19(17,18)15(9-2-10-16)12-3-1-4-12/h5-8,12,16H,1-4,9-10H2. The summed E-state index contributed by atoms with van der Waals surface area (Å²) < 4.78 is 39.3. The van der Waals surface area contributed by atoms with E-state index in [1.165, 1.54) is 16.4 Å². The summed E-state index contributed by atoms with van der Waals surface area (Å²) in [6.45, 7) is 0.267. The van der Waals surface area contributed by atoms with Crippen molar-refractivity contribution >= 4 is 10.0 Å². The fourth-order valence-corrected chi connectivity index (χ4v) is 3.87. The molecule has 2 rings (SSSR count). The van der Waals surface area contributed by atoms with Crippen LogP contribution in [0.5, 0.6) is 0 Å². The van der Waals surface area contributed by atoms with Crippen molar-refractivity contribution in [1.82, 2.24) is 4.31 Å². The van der Waals surface area contributed by atoms with Gasteiger partial charge in [-0.15, -0.1) is 0 Å². The molecule has 0 aliphatic heterocycles. The van der Waals surface area contributed by atoms with Crippen molar-refractivity contribution in [3.05, 3.63) is 30.1 Å². The fraction of sp³-hybridized carbons (Fsp3) is 0.538. The molecule has 1 aliphatic carbocycles. The van der Waals surface area contributed by atoms with Crippen molar-refractivity contribution in [3.8, 4) is 0 Å². The van der Waals surface area contributed by atoms with Gasteiger partial charge in [0.25, 0.3) is 0 Å². The molecule has 0 atom stereocenters. The number of halogens is 1. The second-order valence-corrected chi connectivity index (χ2v) is 6.62. The van der Waals surface area contributed by atoms with E-state index in [2.05, 4.69) is 0 Å². The largest absolute Gasteiger partial charge is 0.396 e. The van der Waals surface area contributed by atoms with Gasteiger partial charge in [0.15, 0.2) is 0 Å². The maximum absolute atomic E-state index is 12.9. The van der Waals surface area contributed by atoms with Crippen LogP contribution in [0.25, 0.3) is 0 Å². The lowest BCUT2D eigenvalue weighted by atomic mass is 9.93. The van der Waals surface area contributed by atoms with Gasteiger partial charge in [0.2, 0.25) is 10.0 Å². The lowest BCUT2D eigenvalue weighted by Gasteiger charge is -2.36. The lowest BCUT2D eigenvalue weighted by Crippen LogP contribution is -2.44. The number of aliphatic hydroxyl groups is 1. The molecule has 0 heterocycles. The number of hydrogen-bond acceptors (Lipinski definition) is 3. The summed E-state index contributed by atoms with van der Waals surface area (Å²) >= 11 is 0. The van der Waals surface area contributed by atoms with Crippen LogP contribution >= 0.6 is 0 Å². The third kappa shape index (κ3) is 3.13. The summed E-state index contributed by atoms with van der Waals surface area (Å²) in [5, 5.41) is 8.89. The molecule has 4 nitrogen and oxygen atoms in total. The number of nitrogens with zero attached hydrogens (tertiary/aromatic N) is 1. The molecule has 0 aromatic heterocycles. The van der Waals surface area contributed by atoms with Crippen LogP contribution in [0.4, 0.5) is 4.39 Å². The first-order chi connectivity index (χ1) is 9.05. The highest BCUT2D eigenvalue weighted by Gasteiger charge is 2.34. The van der Waals surface area contributed by atoms with Gasteiger partial charge >= 0.3 is 0 Å². The first kappa shape index (κ1) is 14.4. The van der Waals surface area contributed by atoms with Gasteiger partial charge in [-0.3, -0.25) is 0 Å². The Kier molecular flexibility index (Phi) is 4.54. The molecular weight excluding hydrogens is 269 g/mol. The van der Waals surface area contributed by atoms with E-state index in [9.17, 15) is 12.8 Å². The Morgan fingerprint density at radius 3 is 2.37 bits per heavy atom. The molecule has 6 heteroatoms. The molecule has 0 spiro atoms. The van der Waals surface area contributed by atoms with Gasteiger partial charge < -0.3 is 5.11 Å². The highest BCUT2D eigenvalue weighted by Crippen LogP contribution is 2.30. The fourth-order valence-electron chi connectivity index (χ4n) is 2.14. The molecule has 1 aromatic carbocycles. The number of hydrogen-bond donors (Lipinski definition) is 1. The molecule has 0 amide bonds. The summed E-state index contributed by atoms with van der Waals surface area (Å²) in [6, 6.07) is 4.89. The Morgan fingerprint density at radius 2 is 1.89 bits per heavy atom. The first-order valence-electron chi connectivity index (χ1n) is 6.44. The van der Waals surface area contributed by atoms with Crippen LogP contribution in [0.15, 0.2) is 29.2 Å². The molecule has 0 unspecified atom stereocenters. The SMILES string of the molecule is O=S(=O)(c1ccc(F)cc1)N(CCCO)C1CCC1. The van der Waals surface area contributed by atoms with Crippen LogP contribution in [0, 0.1) is 5.82 Å². The molecule has 1 aromatic rings. The molecular formula is C13H18FNO3S. The molecule has 19 heavy (non-hydrogen) atoms. The summed E-state index contributed by atoms with van der Waals surface area (Å²) in [6.07, 6.45) is 3.15. The molecule has 1 aliphatic rings. The van der Waals surface area contributed by atoms with E-state index in [1.54, 1.807) is 0 Å². The number of sulfonamides is 1. The molecule has 0 bridgehead atoms. The van der Waals surface area contributed by atoms with Gasteiger partial charge in [-0.25, -0.2) is 12.8 Å². The molecule has 1 saturated carbocycles. The summed E-state index contributed by atoms with van der Waals surface area (Å²) in [7, 11) is -3.59. The van der Waals surface area contributed by atoms with Gasteiger partial charge in [0.1, 0.15) is 5.82 Å². The predicted octanol–water partition coefficient (Wildman–Crippen LogP) is 1.75. The quantitative estimate of drug-likeness (QED) is 0.867. The molecule has 0 radical (unpaired) electrons. The van der Waals surface area contributed by atoms with Crippen LogP contribution in [0.3, 0.4) is 0 Å². The minimum Gasteiger partial charge on any atom is -0.396 e. The second-order valence-electron chi connectivity index (χ2n) is 4.73. The van der Waals surface area contributed by atoms with Crippen molar-refractivity contribution in [2.24, 2.45) is 0 Å². The average molecular weight is 287 g/mol. The van der Waals surface area contributed by atoms with Crippen LogP contribution in [-0.4, -0.2) is 37.0 Å². The molecule has 0 saturated heterocycles. The minimum atomic E-state index is -3.59. The van der Waals surface area contributed by atoms with Crippen molar-refractivity contribution in [2.75, 3.05) is 13.2 Å². The third-order valence-electron chi connectivity index (χ3n) is 3.44. The Labute approximate surface area is 112 Å². The van der Waals surface area contributed by atoms with E-state index in [0.717, 1.165) is 31.4 Å². The van der Waals surface area contributed by atoms with Gasteiger partial charge in [-0.05, 0) is 43.5 Å². The highest BCUT2D eigenvalue weighted by atomic mass is 32.2. The van der Waals surface area contributed by atoms with Crippen LogP contribution in [0.1, 0.15) is 25.7 Å². The number of aliphatic hydroxyl groups excluding tert-OH is 1. The van der Waals surface area contributed by atoms with E-state index >= 15 is 0 Å². The minimum absolute atomic E-state index is 0.0154. The van der Waals surface area contributed by atoms with Crippen LogP contribution in [-0.2, 0) is 10.0 Å². The topological polar surface area (TPSA) is 57.6 Å². The van der Waals surface area contributed by atoms with Gasteiger partial charge in [-0.1, -0.05) is 6.42 Å². The zero-order valence-corrected chi connectivity index (χ0v) is 11.4. The molecule has 1 fully saturated rings. The third-order valence-corrected chi connectivity index (χ3v) is 5.40. The van der Waals surface area contributed by atoms with Crippen LogP contribution in [0.2, 0.25) is 0 Å².